The molecule has 0 radical (unpaired) electrons. The summed E-state index contributed by atoms with van der Waals surface area (Å²) >= 11 is 3.36. The zero-order valence-electron chi connectivity index (χ0n) is 8.83. The highest BCUT2D eigenvalue weighted by molar-refractivity contribution is 9.10. The number of halogens is 1. The van der Waals surface area contributed by atoms with Crippen LogP contribution < -0.4 is 0 Å². The molecule has 1 aromatic carbocycles. The molecule has 0 aromatic heterocycles. The monoisotopic (exact) mass is 282 g/mol. The van der Waals surface area contributed by atoms with Crippen LogP contribution in [0.25, 0.3) is 0 Å². The number of rotatable bonds is 2. The Balaban J connectivity index is 2.50. The van der Waals surface area contributed by atoms with E-state index in [1.54, 1.807) is 0 Å². The molecule has 1 fully saturated rings. The summed E-state index contributed by atoms with van der Waals surface area (Å²) in [6, 6.07) is 7.46. The van der Waals surface area contributed by atoms with Gasteiger partial charge < -0.3 is 4.74 Å². The van der Waals surface area contributed by atoms with Gasteiger partial charge in [-0.15, -0.1) is 0 Å². The number of esters is 2. The first kappa shape index (κ1) is 11.3. The Hall–Kier alpha value is -1.16. The van der Waals surface area contributed by atoms with Gasteiger partial charge in [-0.1, -0.05) is 35.0 Å². The second-order valence-corrected chi connectivity index (χ2v) is 4.80. The minimum Gasteiger partial charge on any atom is -0.392 e. The summed E-state index contributed by atoms with van der Waals surface area (Å²) in [5, 5.41) is 0. The maximum Gasteiger partial charge on any atom is 0.324 e. The molecule has 3 nitrogen and oxygen atoms in total. The van der Waals surface area contributed by atoms with Crippen molar-refractivity contribution in [2.45, 2.75) is 25.2 Å². The fourth-order valence-electron chi connectivity index (χ4n) is 2.04. The molecule has 4 heteroatoms. The van der Waals surface area contributed by atoms with E-state index in [0.29, 0.717) is 6.42 Å². The molecule has 2 rings (SSSR count). The number of hydrogen-bond donors (Lipinski definition) is 0. The Kier molecular flexibility index (Phi) is 2.84. The molecule has 16 heavy (non-hydrogen) atoms. The van der Waals surface area contributed by atoms with Crippen LogP contribution in [0.15, 0.2) is 28.7 Å². The number of benzene rings is 1. The van der Waals surface area contributed by atoms with Gasteiger partial charge in [0.15, 0.2) is 0 Å². The largest absolute Gasteiger partial charge is 0.392 e. The zero-order valence-corrected chi connectivity index (χ0v) is 10.4. The highest BCUT2D eigenvalue weighted by Gasteiger charge is 2.49. The van der Waals surface area contributed by atoms with E-state index >= 15 is 0 Å². The summed E-state index contributed by atoms with van der Waals surface area (Å²) in [4.78, 5) is 23.0. The van der Waals surface area contributed by atoms with Crippen molar-refractivity contribution in [3.05, 3.63) is 34.3 Å². The SMILES string of the molecule is CCC1(c2cccc(Br)c2)CC(=O)OC1=O. The van der Waals surface area contributed by atoms with E-state index in [9.17, 15) is 9.59 Å². The van der Waals surface area contributed by atoms with Crippen LogP contribution in [-0.4, -0.2) is 11.9 Å². The molecule has 1 aromatic rings. The molecule has 1 saturated heterocycles. The van der Waals surface area contributed by atoms with Crippen LogP contribution in [0.3, 0.4) is 0 Å². The zero-order chi connectivity index (χ0) is 11.8. The van der Waals surface area contributed by atoms with Gasteiger partial charge in [0.1, 0.15) is 5.41 Å². The molecule has 1 atom stereocenters. The van der Waals surface area contributed by atoms with Gasteiger partial charge in [0, 0.05) is 4.47 Å². The lowest BCUT2D eigenvalue weighted by Crippen LogP contribution is -2.30. The van der Waals surface area contributed by atoms with Crippen molar-refractivity contribution in [1.29, 1.82) is 0 Å². The van der Waals surface area contributed by atoms with E-state index in [1.165, 1.54) is 0 Å². The van der Waals surface area contributed by atoms with Crippen LogP contribution in [0, 0.1) is 0 Å². The van der Waals surface area contributed by atoms with Crippen molar-refractivity contribution >= 4 is 27.9 Å². The van der Waals surface area contributed by atoms with Gasteiger partial charge in [-0.05, 0) is 24.1 Å². The summed E-state index contributed by atoms with van der Waals surface area (Å²) in [7, 11) is 0. The first-order chi connectivity index (χ1) is 7.58. The predicted octanol–water partition coefficient (Wildman–Crippen LogP) is 2.57. The van der Waals surface area contributed by atoms with Gasteiger partial charge in [-0.3, -0.25) is 9.59 Å². The number of carbonyl (C=O) groups is 2. The third kappa shape index (κ3) is 1.67. The Morgan fingerprint density at radius 3 is 2.69 bits per heavy atom. The molecule has 0 spiro atoms. The standard InChI is InChI=1S/C12H11BrO3/c1-2-12(7-10(14)16-11(12)15)8-4-3-5-9(13)6-8/h3-6H,2,7H2,1H3. The average molecular weight is 283 g/mol. The van der Waals surface area contributed by atoms with Gasteiger partial charge >= 0.3 is 11.9 Å². The smallest absolute Gasteiger partial charge is 0.324 e. The summed E-state index contributed by atoms with van der Waals surface area (Å²) in [5.74, 6) is -0.870. The first-order valence-corrected chi connectivity index (χ1v) is 5.89. The maximum atomic E-state index is 11.8. The number of hydrogen-bond acceptors (Lipinski definition) is 3. The predicted molar refractivity (Wildman–Crippen MR) is 61.8 cm³/mol. The van der Waals surface area contributed by atoms with Crippen molar-refractivity contribution < 1.29 is 14.3 Å². The Morgan fingerprint density at radius 1 is 1.44 bits per heavy atom. The van der Waals surface area contributed by atoms with Crippen molar-refractivity contribution in [1.82, 2.24) is 0 Å². The van der Waals surface area contributed by atoms with Crippen LogP contribution in [0.5, 0.6) is 0 Å². The van der Waals surface area contributed by atoms with Crippen LogP contribution in [0.1, 0.15) is 25.3 Å². The van der Waals surface area contributed by atoms with E-state index in [2.05, 4.69) is 20.7 Å². The third-order valence-electron chi connectivity index (χ3n) is 3.02. The van der Waals surface area contributed by atoms with Gasteiger partial charge in [0.05, 0.1) is 6.42 Å². The van der Waals surface area contributed by atoms with Crippen molar-refractivity contribution in [2.75, 3.05) is 0 Å². The molecule has 0 amide bonds. The molecule has 0 aliphatic carbocycles. The van der Waals surface area contributed by atoms with E-state index in [-0.39, 0.29) is 6.42 Å². The van der Waals surface area contributed by atoms with Gasteiger partial charge in [-0.25, -0.2) is 0 Å². The highest BCUT2D eigenvalue weighted by atomic mass is 79.9. The summed E-state index contributed by atoms with van der Waals surface area (Å²) in [6.45, 7) is 1.89. The first-order valence-electron chi connectivity index (χ1n) is 5.09. The molecule has 0 N–H and O–H groups in total. The molecule has 0 saturated carbocycles. The second-order valence-electron chi connectivity index (χ2n) is 3.88. The highest BCUT2D eigenvalue weighted by Crippen LogP contribution is 2.38. The van der Waals surface area contributed by atoms with Gasteiger partial charge in [0.25, 0.3) is 0 Å². The number of carbonyl (C=O) groups excluding carboxylic acids is 2. The lowest BCUT2D eigenvalue weighted by Gasteiger charge is -2.22. The summed E-state index contributed by atoms with van der Waals surface area (Å²) in [5.41, 5.74) is 0.0427. The lowest BCUT2D eigenvalue weighted by molar-refractivity contribution is -0.153. The van der Waals surface area contributed by atoms with Gasteiger partial charge in [0.2, 0.25) is 0 Å². The van der Waals surface area contributed by atoms with Crippen molar-refractivity contribution in [2.24, 2.45) is 0 Å². The Morgan fingerprint density at radius 2 is 2.19 bits per heavy atom. The van der Waals surface area contributed by atoms with Crippen LogP contribution in [0.2, 0.25) is 0 Å². The van der Waals surface area contributed by atoms with E-state index in [4.69, 9.17) is 0 Å². The molecular weight excluding hydrogens is 272 g/mol. The fraction of sp³-hybridized carbons (Fsp3) is 0.333. The molecular formula is C12H11BrO3. The molecule has 1 aliphatic rings. The number of ether oxygens (including phenoxy) is 1. The lowest BCUT2D eigenvalue weighted by atomic mass is 9.77. The second kappa shape index (κ2) is 4.01. The van der Waals surface area contributed by atoms with Crippen LogP contribution in [0.4, 0.5) is 0 Å². The van der Waals surface area contributed by atoms with Crippen molar-refractivity contribution in [3.63, 3.8) is 0 Å². The molecule has 1 unspecified atom stereocenters. The Labute approximate surface area is 102 Å². The van der Waals surface area contributed by atoms with Crippen molar-refractivity contribution in [3.8, 4) is 0 Å². The van der Waals surface area contributed by atoms with Crippen LogP contribution >= 0.6 is 15.9 Å². The topological polar surface area (TPSA) is 43.4 Å². The van der Waals surface area contributed by atoms with E-state index < -0.39 is 17.4 Å². The van der Waals surface area contributed by atoms with E-state index in [1.807, 2.05) is 31.2 Å². The van der Waals surface area contributed by atoms with E-state index in [0.717, 1.165) is 10.0 Å². The quantitative estimate of drug-likeness (QED) is 0.619. The maximum absolute atomic E-state index is 11.8. The summed E-state index contributed by atoms with van der Waals surface area (Å²) < 4.78 is 5.56. The van der Waals surface area contributed by atoms with Crippen LogP contribution in [-0.2, 0) is 19.7 Å². The molecule has 1 heterocycles. The third-order valence-corrected chi connectivity index (χ3v) is 3.52. The fourth-order valence-corrected chi connectivity index (χ4v) is 2.43. The normalized spacial score (nSPS) is 24.6. The average Bonchev–Trinajstić information content (AvgIpc) is 2.54. The minimum absolute atomic E-state index is 0.138. The summed E-state index contributed by atoms with van der Waals surface area (Å²) in [6.07, 6.45) is 0.701. The molecule has 1 aliphatic heterocycles. The molecule has 84 valence electrons. The minimum atomic E-state index is -0.791. The molecule has 0 bridgehead atoms. The van der Waals surface area contributed by atoms with Gasteiger partial charge in [-0.2, -0.15) is 0 Å². The number of cyclic esters (lactones) is 2. The Bertz CT molecular complexity index is 455.